The number of nitrogens with zero attached hydrogens (tertiary/aromatic N) is 1. The van der Waals surface area contributed by atoms with E-state index in [-0.39, 0.29) is 17.9 Å². The van der Waals surface area contributed by atoms with Gasteiger partial charge in [0.15, 0.2) is 0 Å². The van der Waals surface area contributed by atoms with E-state index in [0.29, 0.717) is 16.8 Å². The van der Waals surface area contributed by atoms with E-state index in [4.69, 9.17) is 5.11 Å². The minimum absolute atomic E-state index is 0.0894. The fourth-order valence-electron chi connectivity index (χ4n) is 2.04. The van der Waals surface area contributed by atoms with Crippen LogP contribution in [0.3, 0.4) is 0 Å². The van der Waals surface area contributed by atoms with Crippen molar-refractivity contribution in [3.05, 3.63) is 68.8 Å². The third-order valence-electron chi connectivity index (χ3n) is 3.40. The second kappa shape index (κ2) is 6.36. The standard InChI is InChI=1S/C16H16N2O4/c1-10-3-5-12(9-19)7-14(10)17-16(20)13-6-4-11(2)15(8-13)18(21)22/h3-8,19H,9H2,1-2H3,(H,17,20). The Balaban J connectivity index is 2.30. The number of aliphatic hydroxyl groups is 1. The fraction of sp³-hybridized carbons (Fsp3) is 0.188. The molecule has 0 aliphatic rings. The molecule has 6 heteroatoms. The quantitative estimate of drug-likeness (QED) is 0.670. The fourth-order valence-corrected chi connectivity index (χ4v) is 2.04. The van der Waals surface area contributed by atoms with Gasteiger partial charge in [0.1, 0.15) is 0 Å². The van der Waals surface area contributed by atoms with Crippen molar-refractivity contribution in [3.63, 3.8) is 0 Å². The molecule has 0 saturated carbocycles. The first-order chi connectivity index (χ1) is 10.4. The van der Waals surface area contributed by atoms with Gasteiger partial charge >= 0.3 is 0 Å². The molecule has 0 aromatic heterocycles. The van der Waals surface area contributed by atoms with Crippen LogP contribution >= 0.6 is 0 Å². The maximum absolute atomic E-state index is 12.3. The van der Waals surface area contributed by atoms with Crippen molar-refractivity contribution in [1.29, 1.82) is 0 Å². The molecule has 0 atom stereocenters. The van der Waals surface area contributed by atoms with Gasteiger partial charge in [0.05, 0.1) is 11.5 Å². The first kappa shape index (κ1) is 15.7. The number of nitrogens with one attached hydrogen (secondary N) is 1. The highest BCUT2D eigenvalue weighted by molar-refractivity contribution is 6.05. The van der Waals surface area contributed by atoms with Gasteiger partial charge in [0, 0.05) is 22.9 Å². The van der Waals surface area contributed by atoms with E-state index in [1.54, 1.807) is 37.3 Å². The number of rotatable bonds is 4. The third-order valence-corrected chi connectivity index (χ3v) is 3.40. The second-order valence-electron chi connectivity index (χ2n) is 5.02. The van der Waals surface area contributed by atoms with Crippen molar-refractivity contribution in [2.24, 2.45) is 0 Å². The van der Waals surface area contributed by atoms with Crippen molar-refractivity contribution < 1.29 is 14.8 Å². The summed E-state index contributed by atoms with van der Waals surface area (Å²) in [6.45, 7) is 3.32. The normalized spacial score (nSPS) is 10.3. The van der Waals surface area contributed by atoms with E-state index in [1.165, 1.54) is 6.07 Å². The number of aliphatic hydroxyl groups excluding tert-OH is 1. The SMILES string of the molecule is Cc1ccc(CO)cc1NC(=O)c1ccc(C)c([N+](=O)[O-])c1. The number of amides is 1. The number of hydrogen-bond donors (Lipinski definition) is 2. The molecule has 0 aliphatic heterocycles. The molecule has 2 aromatic carbocycles. The van der Waals surface area contributed by atoms with Gasteiger partial charge in [-0.3, -0.25) is 14.9 Å². The Kier molecular flexibility index (Phi) is 4.53. The summed E-state index contributed by atoms with van der Waals surface area (Å²) in [6.07, 6.45) is 0. The Bertz CT molecular complexity index is 741. The predicted molar refractivity (Wildman–Crippen MR) is 82.9 cm³/mol. The van der Waals surface area contributed by atoms with Crippen LogP contribution in [0.5, 0.6) is 0 Å². The number of anilines is 1. The Morgan fingerprint density at radius 1 is 1.18 bits per heavy atom. The van der Waals surface area contributed by atoms with Crippen LogP contribution in [0.2, 0.25) is 0 Å². The lowest BCUT2D eigenvalue weighted by Crippen LogP contribution is -2.13. The highest BCUT2D eigenvalue weighted by Crippen LogP contribution is 2.22. The lowest BCUT2D eigenvalue weighted by Gasteiger charge is -2.10. The van der Waals surface area contributed by atoms with E-state index in [1.807, 2.05) is 6.92 Å². The van der Waals surface area contributed by atoms with Gasteiger partial charge < -0.3 is 10.4 Å². The maximum atomic E-state index is 12.3. The molecular weight excluding hydrogens is 284 g/mol. The smallest absolute Gasteiger partial charge is 0.273 e. The maximum Gasteiger partial charge on any atom is 0.273 e. The van der Waals surface area contributed by atoms with Gasteiger partial charge in [0.2, 0.25) is 0 Å². The van der Waals surface area contributed by atoms with Crippen LogP contribution in [0.4, 0.5) is 11.4 Å². The third kappa shape index (κ3) is 3.29. The summed E-state index contributed by atoms with van der Waals surface area (Å²) in [7, 11) is 0. The Morgan fingerprint density at radius 2 is 1.86 bits per heavy atom. The summed E-state index contributed by atoms with van der Waals surface area (Å²) in [5.41, 5.74) is 2.71. The van der Waals surface area contributed by atoms with Crippen LogP contribution in [-0.2, 0) is 6.61 Å². The largest absolute Gasteiger partial charge is 0.392 e. The van der Waals surface area contributed by atoms with Crippen molar-refractivity contribution in [2.75, 3.05) is 5.32 Å². The van der Waals surface area contributed by atoms with Crippen LogP contribution < -0.4 is 5.32 Å². The van der Waals surface area contributed by atoms with Gasteiger partial charge in [-0.15, -0.1) is 0 Å². The van der Waals surface area contributed by atoms with Crippen molar-refractivity contribution in [1.82, 2.24) is 0 Å². The lowest BCUT2D eigenvalue weighted by atomic mass is 10.1. The zero-order valence-corrected chi connectivity index (χ0v) is 12.3. The Labute approximate surface area is 127 Å². The van der Waals surface area contributed by atoms with E-state index >= 15 is 0 Å². The summed E-state index contributed by atoms with van der Waals surface area (Å²) in [6, 6.07) is 9.58. The van der Waals surface area contributed by atoms with Gasteiger partial charge in [-0.1, -0.05) is 18.2 Å². The minimum atomic E-state index is -0.510. The van der Waals surface area contributed by atoms with E-state index in [2.05, 4.69) is 5.32 Å². The molecule has 0 unspecified atom stereocenters. The second-order valence-corrected chi connectivity index (χ2v) is 5.02. The summed E-state index contributed by atoms with van der Waals surface area (Å²) in [5.74, 6) is -0.429. The molecule has 114 valence electrons. The van der Waals surface area contributed by atoms with Gasteiger partial charge in [-0.05, 0) is 37.1 Å². The van der Waals surface area contributed by atoms with E-state index in [9.17, 15) is 14.9 Å². The molecule has 0 heterocycles. The van der Waals surface area contributed by atoms with Crippen molar-refractivity contribution in [3.8, 4) is 0 Å². The molecule has 0 bridgehead atoms. The molecule has 0 saturated heterocycles. The van der Waals surface area contributed by atoms with Crippen molar-refractivity contribution in [2.45, 2.75) is 20.5 Å². The van der Waals surface area contributed by atoms with Crippen LogP contribution in [0.25, 0.3) is 0 Å². The number of nitro benzene ring substituents is 1. The minimum Gasteiger partial charge on any atom is -0.392 e. The van der Waals surface area contributed by atoms with E-state index < -0.39 is 10.8 Å². The molecule has 2 N–H and O–H groups in total. The predicted octanol–water partition coefficient (Wildman–Crippen LogP) is 2.96. The molecule has 6 nitrogen and oxygen atoms in total. The average molecular weight is 300 g/mol. The van der Waals surface area contributed by atoms with Crippen LogP contribution in [0.15, 0.2) is 36.4 Å². The first-order valence-electron chi connectivity index (χ1n) is 6.69. The molecule has 0 aliphatic carbocycles. The number of carbonyl (C=O) groups is 1. The molecule has 22 heavy (non-hydrogen) atoms. The molecular formula is C16H16N2O4. The van der Waals surface area contributed by atoms with Crippen molar-refractivity contribution >= 4 is 17.3 Å². The number of aryl methyl sites for hydroxylation is 2. The van der Waals surface area contributed by atoms with Gasteiger partial charge in [-0.25, -0.2) is 0 Å². The zero-order chi connectivity index (χ0) is 16.3. The monoisotopic (exact) mass is 300 g/mol. The van der Waals surface area contributed by atoms with Crippen LogP contribution in [-0.4, -0.2) is 15.9 Å². The van der Waals surface area contributed by atoms with Crippen LogP contribution in [0.1, 0.15) is 27.0 Å². The summed E-state index contributed by atoms with van der Waals surface area (Å²) in [4.78, 5) is 22.7. The summed E-state index contributed by atoms with van der Waals surface area (Å²) in [5, 5.41) is 22.8. The summed E-state index contributed by atoms with van der Waals surface area (Å²) < 4.78 is 0. The number of nitro groups is 1. The van der Waals surface area contributed by atoms with Gasteiger partial charge in [0.25, 0.3) is 11.6 Å². The first-order valence-corrected chi connectivity index (χ1v) is 6.69. The van der Waals surface area contributed by atoms with E-state index in [0.717, 1.165) is 5.56 Å². The molecule has 0 radical (unpaired) electrons. The molecule has 2 aromatic rings. The Morgan fingerprint density at radius 3 is 2.50 bits per heavy atom. The number of hydrogen-bond acceptors (Lipinski definition) is 4. The summed E-state index contributed by atoms with van der Waals surface area (Å²) >= 11 is 0. The highest BCUT2D eigenvalue weighted by atomic mass is 16.6. The molecule has 0 spiro atoms. The number of benzene rings is 2. The van der Waals surface area contributed by atoms with Crippen LogP contribution in [0, 0.1) is 24.0 Å². The molecule has 0 fully saturated rings. The molecule has 1 amide bonds. The topological polar surface area (TPSA) is 92.5 Å². The highest BCUT2D eigenvalue weighted by Gasteiger charge is 2.15. The Hall–Kier alpha value is -2.73. The zero-order valence-electron chi connectivity index (χ0n) is 12.3. The average Bonchev–Trinajstić information content (AvgIpc) is 2.49. The van der Waals surface area contributed by atoms with Gasteiger partial charge in [-0.2, -0.15) is 0 Å². The molecule has 2 rings (SSSR count). The number of carbonyl (C=O) groups excluding carboxylic acids is 1. The lowest BCUT2D eigenvalue weighted by molar-refractivity contribution is -0.385.